The number of carbonyl (C=O) groups excluding carboxylic acids is 1. The largest absolute Gasteiger partial charge is 0.492 e. The lowest BCUT2D eigenvalue weighted by Gasteiger charge is -2.32. The first-order valence-electron chi connectivity index (χ1n) is 11.0. The van der Waals surface area contributed by atoms with Gasteiger partial charge in [0, 0.05) is 31.1 Å². The van der Waals surface area contributed by atoms with Crippen molar-refractivity contribution in [2.75, 3.05) is 37.7 Å². The second-order valence-electron chi connectivity index (χ2n) is 8.63. The summed E-state index contributed by atoms with van der Waals surface area (Å²) in [6.07, 6.45) is 9.26. The van der Waals surface area contributed by atoms with Crippen molar-refractivity contribution in [1.82, 2.24) is 4.90 Å². The van der Waals surface area contributed by atoms with Gasteiger partial charge in [-0.15, -0.1) is 0 Å². The first-order valence-corrected chi connectivity index (χ1v) is 12.2. The van der Waals surface area contributed by atoms with Gasteiger partial charge in [-0.3, -0.25) is 4.79 Å². The highest BCUT2D eigenvalue weighted by atomic mass is 32.2. The monoisotopic (exact) mass is 429 g/mol. The van der Waals surface area contributed by atoms with Crippen molar-refractivity contribution in [2.24, 2.45) is 0 Å². The number of nitrogens with zero attached hydrogens (tertiary/aromatic N) is 1. The predicted molar refractivity (Wildman–Crippen MR) is 127 cm³/mol. The molecule has 0 amide bonds. The summed E-state index contributed by atoms with van der Waals surface area (Å²) in [4.78, 5) is 14.7. The highest BCUT2D eigenvalue weighted by Crippen LogP contribution is 2.40. The molecule has 1 saturated heterocycles. The Morgan fingerprint density at radius 3 is 2.73 bits per heavy atom. The molecular weight excluding hydrogens is 394 g/mol. The molecular formula is C25H35NO3S. The van der Waals surface area contributed by atoms with Crippen LogP contribution in [0.15, 0.2) is 29.9 Å². The van der Waals surface area contributed by atoms with Crippen LogP contribution in [0.5, 0.6) is 11.5 Å². The second-order valence-corrected chi connectivity index (χ2v) is 9.86. The van der Waals surface area contributed by atoms with Crippen molar-refractivity contribution >= 4 is 23.6 Å². The standard InChI is InChI=1S/C25H35NO3S/c1-19(2)7-5-11-25(4)12-10-22-23(29-25)9-8-21(20(3)27)24(22)28-16-6-13-26-14-17-30-18-15-26/h7-10,12H,5-6,11,13-18H2,1-4H3. The van der Waals surface area contributed by atoms with E-state index in [4.69, 9.17) is 9.47 Å². The number of benzene rings is 1. The summed E-state index contributed by atoms with van der Waals surface area (Å²) >= 11 is 2.03. The fourth-order valence-corrected chi connectivity index (χ4v) is 4.85. The summed E-state index contributed by atoms with van der Waals surface area (Å²) in [6.45, 7) is 11.9. The van der Waals surface area contributed by atoms with E-state index in [1.165, 1.54) is 17.1 Å². The van der Waals surface area contributed by atoms with E-state index < -0.39 is 0 Å². The van der Waals surface area contributed by atoms with Crippen molar-refractivity contribution in [2.45, 2.75) is 52.6 Å². The van der Waals surface area contributed by atoms with E-state index in [-0.39, 0.29) is 11.4 Å². The maximum atomic E-state index is 12.2. The molecule has 0 spiro atoms. The number of allylic oxidation sites excluding steroid dienone is 2. The minimum atomic E-state index is -0.347. The van der Waals surface area contributed by atoms with Crippen molar-refractivity contribution in [3.63, 3.8) is 0 Å². The predicted octanol–water partition coefficient (Wildman–Crippen LogP) is 5.62. The molecule has 0 aromatic heterocycles. The summed E-state index contributed by atoms with van der Waals surface area (Å²) < 4.78 is 12.5. The number of rotatable bonds is 9. The van der Waals surface area contributed by atoms with Gasteiger partial charge >= 0.3 is 0 Å². The van der Waals surface area contributed by atoms with Crippen LogP contribution >= 0.6 is 11.8 Å². The summed E-state index contributed by atoms with van der Waals surface area (Å²) in [5.74, 6) is 3.92. The third-order valence-corrected chi connectivity index (χ3v) is 6.59. The number of Topliss-reactive ketones (excluding diaryl/α,β-unsaturated/α-hetero) is 1. The summed E-state index contributed by atoms with van der Waals surface area (Å²) in [5, 5.41) is 0. The first kappa shape index (κ1) is 23.0. The van der Waals surface area contributed by atoms with Crippen LogP contribution in [0, 0.1) is 0 Å². The third kappa shape index (κ3) is 6.14. The molecule has 2 aliphatic heterocycles. The molecule has 2 heterocycles. The summed E-state index contributed by atoms with van der Waals surface area (Å²) in [7, 11) is 0. The van der Waals surface area contributed by atoms with Gasteiger partial charge in [0.15, 0.2) is 5.78 Å². The van der Waals surface area contributed by atoms with Crippen LogP contribution in [0.4, 0.5) is 0 Å². The van der Waals surface area contributed by atoms with Gasteiger partial charge in [-0.05, 0) is 71.2 Å². The zero-order valence-electron chi connectivity index (χ0n) is 18.8. The average Bonchev–Trinajstić information content (AvgIpc) is 2.71. The summed E-state index contributed by atoms with van der Waals surface area (Å²) in [5.41, 5.74) is 2.49. The van der Waals surface area contributed by atoms with E-state index in [1.54, 1.807) is 6.92 Å². The normalized spacial score (nSPS) is 20.9. The fraction of sp³-hybridized carbons (Fsp3) is 0.560. The van der Waals surface area contributed by atoms with E-state index in [1.807, 2.05) is 23.9 Å². The molecule has 0 bridgehead atoms. The molecule has 0 radical (unpaired) electrons. The molecule has 0 saturated carbocycles. The first-order chi connectivity index (χ1) is 14.4. The SMILES string of the molecule is CC(=O)c1ccc2c(c1OCCCN1CCSCC1)C=CC(C)(CCC=C(C)C)O2. The van der Waals surface area contributed by atoms with Gasteiger partial charge < -0.3 is 14.4 Å². The van der Waals surface area contributed by atoms with E-state index in [2.05, 4.69) is 43.9 Å². The number of thioether (sulfide) groups is 1. The number of hydrogen-bond donors (Lipinski definition) is 0. The zero-order valence-corrected chi connectivity index (χ0v) is 19.6. The Hall–Kier alpha value is -1.72. The van der Waals surface area contributed by atoms with Gasteiger partial charge in [-0.1, -0.05) is 11.6 Å². The van der Waals surface area contributed by atoms with Crippen LogP contribution < -0.4 is 9.47 Å². The lowest BCUT2D eigenvalue weighted by molar-refractivity contribution is 0.101. The van der Waals surface area contributed by atoms with E-state index in [9.17, 15) is 4.79 Å². The highest BCUT2D eigenvalue weighted by molar-refractivity contribution is 7.99. The molecule has 4 nitrogen and oxygen atoms in total. The minimum Gasteiger partial charge on any atom is -0.492 e. The van der Waals surface area contributed by atoms with Gasteiger partial charge in [0.2, 0.25) is 0 Å². The summed E-state index contributed by atoms with van der Waals surface area (Å²) in [6, 6.07) is 3.75. The van der Waals surface area contributed by atoms with Crippen LogP contribution in [0.1, 0.15) is 62.9 Å². The molecule has 2 aliphatic rings. The molecule has 1 aromatic rings. The smallest absolute Gasteiger partial charge is 0.163 e. The molecule has 1 fully saturated rings. The van der Waals surface area contributed by atoms with Crippen LogP contribution in [-0.4, -0.2) is 54.0 Å². The van der Waals surface area contributed by atoms with Gasteiger partial charge in [-0.25, -0.2) is 0 Å². The zero-order chi connectivity index (χ0) is 21.6. The van der Waals surface area contributed by atoms with Crippen LogP contribution in [0.3, 0.4) is 0 Å². The van der Waals surface area contributed by atoms with Gasteiger partial charge in [0.05, 0.1) is 17.7 Å². The molecule has 164 valence electrons. The molecule has 0 N–H and O–H groups in total. The molecule has 3 rings (SSSR count). The number of fused-ring (bicyclic) bond motifs is 1. The molecule has 5 heteroatoms. The van der Waals surface area contributed by atoms with E-state index >= 15 is 0 Å². The number of carbonyl (C=O) groups is 1. The Labute approximate surface area is 185 Å². The van der Waals surface area contributed by atoms with Crippen LogP contribution in [-0.2, 0) is 0 Å². The lowest BCUT2D eigenvalue weighted by Crippen LogP contribution is -2.34. The topological polar surface area (TPSA) is 38.8 Å². The van der Waals surface area contributed by atoms with Crippen molar-refractivity contribution < 1.29 is 14.3 Å². The van der Waals surface area contributed by atoms with Crippen molar-refractivity contribution in [3.05, 3.63) is 41.0 Å². The maximum Gasteiger partial charge on any atom is 0.163 e. The van der Waals surface area contributed by atoms with Gasteiger partial charge in [-0.2, -0.15) is 11.8 Å². The number of ketones is 1. The fourth-order valence-electron chi connectivity index (χ4n) is 3.87. The van der Waals surface area contributed by atoms with Crippen LogP contribution in [0.2, 0.25) is 0 Å². The van der Waals surface area contributed by atoms with Gasteiger partial charge in [0.1, 0.15) is 17.1 Å². The Bertz CT molecular complexity index is 807. The minimum absolute atomic E-state index is 0.0196. The van der Waals surface area contributed by atoms with Crippen LogP contribution in [0.25, 0.3) is 6.08 Å². The maximum absolute atomic E-state index is 12.2. The Kier molecular flexibility index (Phi) is 8.06. The molecule has 0 aliphatic carbocycles. The average molecular weight is 430 g/mol. The quantitative estimate of drug-likeness (QED) is 0.289. The molecule has 1 aromatic carbocycles. The number of hydrogen-bond acceptors (Lipinski definition) is 5. The molecule has 1 unspecified atom stereocenters. The molecule has 30 heavy (non-hydrogen) atoms. The van der Waals surface area contributed by atoms with E-state index in [0.717, 1.165) is 50.2 Å². The van der Waals surface area contributed by atoms with Gasteiger partial charge in [0.25, 0.3) is 0 Å². The number of ether oxygens (including phenoxy) is 2. The second kappa shape index (κ2) is 10.5. The van der Waals surface area contributed by atoms with Crippen molar-refractivity contribution in [1.29, 1.82) is 0 Å². The Morgan fingerprint density at radius 1 is 1.27 bits per heavy atom. The molecule has 1 atom stereocenters. The Morgan fingerprint density at radius 2 is 2.03 bits per heavy atom. The highest BCUT2D eigenvalue weighted by Gasteiger charge is 2.29. The van der Waals surface area contributed by atoms with E-state index in [0.29, 0.717) is 17.9 Å². The Balaban J connectivity index is 1.69. The van der Waals surface area contributed by atoms with Crippen molar-refractivity contribution in [3.8, 4) is 11.5 Å². The third-order valence-electron chi connectivity index (χ3n) is 5.64. The lowest BCUT2D eigenvalue weighted by atomic mass is 9.93.